The Hall–Kier alpha value is -1.30. The van der Waals surface area contributed by atoms with E-state index in [2.05, 4.69) is 26.8 Å². The van der Waals surface area contributed by atoms with Crippen molar-refractivity contribution in [1.82, 2.24) is 15.0 Å². The zero-order chi connectivity index (χ0) is 12.3. The molecule has 0 bridgehead atoms. The average molecular weight is 275 g/mol. The van der Waals surface area contributed by atoms with E-state index >= 15 is 0 Å². The molecule has 0 saturated carbocycles. The standard InChI is InChI=1S/C11H18N4O2.ClH/c1-8-6-4-5-7-15(8)9-12-10(16-2)14-11(13-9)17-3;/h8H,4-7H2,1-3H3;1H. The lowest BCUT2D eigenvalue weighted by atomic mass is 10.0. The molecule has 6 nitrogen and oxygen atoms in total. The van der Waals surface area contributed by atoms with Crippen LogP contribution in [0.2, 0.25) is 0 Å². The van der Waals surface area contributed by atoms with Crippen LogP contribution >= 0.6 is 12.4 Å². The van der Waals surface area contributed by atoms with Gasteiger partial charge in [-0.15, -0.1) is 17.4 Å². The summed E-state index contributed by atoms with van der Waals surface area (Å²) in [6.45, 7) is 3.15. The molecule has 0 radical (unpaired) electrons. The van der Waals surface area contributed by atoms with Crippen molar-refractivity contribution < 1.29 is 9.47 Å². The van der Waals surface area contributed by atoms with E-state index in [0.717, 1.165) is 13.0 Å². The molecule has 102 valence electrons. The second-order valence-electron chi connectivity index (χ2n) is 4.15. The molecule has 1 fully saturated rings. The number of piperidine rings is 1. The largest absolute Gasteiger partial charge is 0.467 e. The third kappa shape index (κ3) is 3.13. The minimum atomic E-state index is 0. The first kappa shape index (κ1) is 14.8. The molecule has 1 atom stereocenters. The van der Waals surface area contributed by atoms with Crippen molar-refractivity contribution in [3.63, 3.8) is 0 Å². The second kappa shape index (κ2) is 6.58. The molecule has 0 spiro atoms. The Bertz CT molecular complexity index is 369. The van der Waals surface area contributed by atoms with Gasteiger partial charge < -0.3 is 14.4 Å². The van der Waals surface area contributed by atoms with Gasteiger partial charge in [0.1, 0.15) is 0 Å². The van der Waals surface area contributed by atoms with E-state index in [4.69, 9.17) is 9.47 Å². The second-order valence-corrected chi connectivity index (χ2v) is 4.15. The van der Waals surface area contributed by atoms with Gasteiger partial charge in [-0.1, -0.05) is 0 Å². The predicted octanol–water partition coefficient (Wildman–Crippen LogP) is 1.69. The van der Waals surface area contributed by atoms with Crippen LogP contribution in [-0.4, -0.2) is 41.8 Å². The molecule has 18 heavy (non-hydrogen) atoms. The first-order valence-electron chi connectivity index (χ1n) is 5.85. The molecule has 2 heterocycles. The van der Waals surface area contributed by atoms with Gasteiger partial charge in [-0.3, -0.25) is 0 Å². The van der Waals surface area contributed by atoms with Crippen molar-refractivity contribution in [3.8, 4) is 12.0 Å². The molecule has 0 amide bonds. The number of ether oxygens (including phenoxy) is 2. The average Bonchev–Trinajstić information content (AvgIpc) is 2.38. The van der Waals surface area contributed by atoms with E-state index in [1.54, 1.807) is 0 Å². The van der Waals surface area contributed by atoms with Crippen LogP contribution < -0.4 is 14.4 Å². The summed E-state index contributed by atoms with van der Waals surface area (Å²) in [7, 11) is 3.08. The van der Waals surface area contributed by atoms with Gasteiger partial charge in [0.2, 0.25) is 5.95 Å². The van der Waals surface area contributed by atoms with Crippen LogP contribution in [-0.2, 0) is 0 Å². The SMILES string of the molecule is COc1nc(OC)nc(N2CCCCC2C)n1.Cl. The van der Waals surface area contributed by atoms with Crippen LogP contribution in [0.25, 0.3) is 0 Å². The highest BCUT2D eigenvalue weighted by Gasteiger charge is 2.22. The molecule has 1 aromatic heterocycles. The number of nitrogens with zero attached hydrogens (tertiary/aromatic N) is 4. The fourth-order valence-electron chi connectivity index (χ4n) is 2.03. The Kier molecular flexibility index (Phi) is 5.40. The van der Waals surface area contributed by atoms with Crippen LogP contribution in [0.4, 0.5) is 5.95 Å². The Morgan fingerprint density at radius 3 is 2.17 bits per heavy atom. The smallest absolute Gasteiger partial charge is 0.324 e. The number of methoxy groups -OCH3 is 2. The Labute approximate surface area is 113 Å². The number of aromatic nitrogens is 3. The molecule has 1 saturated heterocycles. The maximum atomic E-state index is 5.05. The van der Waals surface area contributed by atoms with E-state index in [1.165, 1.54) is 27.1 Å². The molecule has 0 N–H and O–H groups in total. The van der Waals surface area contributed by atoms with Crippen molar-refractivity contribution in [2.75, 3.05) is 25.7 Å². The first-order valence-corrected chi connectivity index (χ1v) is 5.85. The lowest BCUT2D eigenvalue weighted by molar-refractivity contribution is 0.338. The third-order valence-electron chi connectivity index (χ3n) is 3.01. The van der Waals surface area contributed by atoms with Gasteiger partial charge in [0, 0.05) is 12.6 Å². The number of hydrogen-bond acceptors (Lipinski definition) is 6. The van der Waals surface area contributed by atoms with Crippen LogP contribution in [0.1, 0.15) is 26.2 Å². The molecule has 1 aromatic rings. The lowest BCUT2D eigenvalue weighted by Crippen LogP contribution is -2.38. The first-order chi connectivity index (χ1) is 8.24. The van der Waals surface area contributed by atoms with Crippen LogP contribution in [0, 0.1) is 0 Å². The predicted molar refractivity (Wildman–Crippen MR) is 70.8 cm³/mol. The normalized spacial score (nSPS) is 19.1. The number of rotatable bonds is 3. The molecule has 7 heteroatoms. The highest BCUT2D eigenvalue weighted by Crippen LogP contribution is 2.23. The molecular formula is C11H19ClN4O2. The van der Waals surface area contributed by atoms with Crippen molar-refractivity contribution in [1.29, 1.82) is 0 Å². The highest BCUT2D eigenvalue weighted by atomic mass is 35.5. The van der Waals surface area contributed by atoms with Crippen molar-refractivity contribution in [3.05, 3.63) is 0 Å². The molecule has 1 unspecified atom stereocenters. The number of halogens is 1. The van der Waals surface area contributed by atoms with Gasteiger partial charge in [-0.05, 0) is 26.2 Å². The molecule has 0 aromatic carbocycles. The van der Waals surface area contributed by atoms with Crippen molar-refractivity contribution in [2.45, 2.75) is 32.2 Å². The third-order valence-corrected chi connectivity index (χ3v) is 3.01. The van der Waals surface area contributed by atoms with E-state index in [0.29, 0.717) is 24.0 Å². The zero-order valence-electron chi connectivity index (χ0n) is 10.9. The summed E-state index contributed by atoms with van der Waals surface area (Å²) in [6, 6.07) is 1.04. The fourth-order valence-corrected chi connectivity index (χ4v) is 2.03. The number of anilines is 1. The Morgan fingerprint density at radius 1 is 1.06 bits per heavy atom. The van der Waals surface area contributed by atoms with E-state index < -0.39 is 0 Å². The van der Waals surface area contributed by atoms with Gasteiger partial charge >= 0.3 is 12.0 Å². The summed E-state index contributed by atoms with van der Waals surface area (Å²) in [6.07, 6.45) is 3.59. The van der Waals surface area contributed by atoms with E-state index in [1.807, 2.05) is 0 Å². The van der Waals surface area contributed by atoms with Gasteiger partial charge in [0.05, 0.1) is 14.2 Å². The summed E-state index contributed by atoms with van der Waals surface area (Å²) in [5.74, 6) is 0.640. The summed E-state index contributed by atoms with van der Waals surface area (Å²) in [4.78, 5) is 14.7. The summed E-state index contributed by atoms with van der Waals surface area (Å²) >= 11 is 0. The summed E-state index contributed by atoms with van der Waals surface area (Å²) < 4.78 is 10.1. The molecule has 0 aliphatic carbocycles. The van der Waals surface area contributed by atoms with Gasteiger partial charge in [0.25, 0.3) is 0 Å². The van der Waals surface area contributed by atoms with E-state index in [-0.39, 0.29) is 12.4 Å². The topological polar surface area (TPSA) is 60.4 Å². The van der Waals surface area contributed by atoms with Gasteiger partial charge in [-0.25, -0.2) is 0 Å². The minimum absolute atomic E-state index is 0. The Morgan fingerprint density at radius 2 is 1.67 bits per heavy atom. The van der Waals surface area contributed by atoms with Crippen LogP contribution in [0.3, 0.4) is 0 Å². The van der Waals surface area contributed by atoms with Gasteiger partial charge in [-0.2, -0.15) is 9.97 Å². The summed E-state index contributed by atoms with van der Waals surface area (Å²) in [5, 5.41) is 0. The molecule has 1 aliphatic rings. The van der Waals surface area contributed by atoms with Crippen LogP contribution in [0.5, 0.6) is 12.0 Å². The van der Waals surface area contributed by atoms with Crippen molar-refractivity contribution >= 4 is 18.4 Å². The molecule has 2 rings (SSSR count). The zero-order valence-corrected chi connectivity index (χ0v) is 11.7. The fraction of sp³-hybridized carbons (Fsp3) is 0.727. The molecule has 1 aliphatic heterocycles. The maximum Gasteiger partial charge on any atom is 0.324 e. The lowest BCUT2D eigenvalue weighted by Gasteiger charge is -2.33. The van der Waals surface area contributed by atoms with E-state index in [9.17, 15) is 0 Å². The quantitative estimate of drug-likeness (QED) is 0.836. The minimum Gasteiger partial charge on any atom is -0.467 e. The van der Waals surface area contributed by atoms with Crippen molar-refractivity contribution in [2.24, 2.45) is 0 Å². The Balaban J connectivity index is 0.00000162. The maximum absolute atomic E-state index is 5.05. The molecular weight excluding hydrogens is 256 g/mol. The number of hydrogen-bond donors (Lipinski definition) is 0. The monoisotopic (exact) mass is 274 g/mol. The van der Waals surface area contributed by atoms with Crippen LogP contribution in [0.15, 0.2) is 0 Å². The summed E-state index contributed by atoms with van der Waals surface area (Å²) in [5.41, 5.74) is 0. The van der Waals surface area contributed by atoms with Gasteiger partial charge in [0.15, 0.2) is 0 Å². The highest BCUT2D eigenvalue weighted by molar-refractivity contribution is 5.85.